The van der Waals surface area contributed by atoms with Gasteiger partial charge in [-0.1, -0.05) is 0 Å². The average molecular weight is 370 g/mol. The van der Waals surface area contributed by atoms with Crippen LogP contribution in [0, 0.1) is 0 Å². The summed E-state index contributed by atoms with van der Waals surface area (Å²) in [5, 5.41) is 8.81. The van der Waals surface area contributed by atoms with Crippen molar-refractivity contribution in [2.75, 3.05) is 5.32 Å². The van der Waals surface area contributed by atoms with Crippen LogP contribution in [0.15, 0.2) is 65.9 Å². The molecule has 0 bridgehead atoms. The average Bonchev–Trinajstić information content (AvgIpc) is 3.35. The zero-order chi connectivity index (χ0) is 19.1. The lowest BCUT2D eigenvalue weighted by Crippen LogP contribution is -2.12. The van der Waals surface area contributed by atoms with Crippen LogP contribution in [0.5, 0.6) is 0 Å². The third-order valence-corrected chi connectivity index (χ3v) is 4.44. The van der Waals surface area contributed by atoms with E-state index >= 15 is 0 Å². The largest absolute Gasteiger partial charge is 0.443 e. The normalized spacial score (nSPS) is 11.2. The number of aromatic nitrogens is 5. The molecule has 0 aliphatic rings. The minimum atomic E-state index is -0.265. The highest BCUT2D eigenvalue weighted by atomic mass is 16.3. The summed E-state index contributed by atoms with van der Waals surface area (Å²) in [5.74, 6) is 0.194. The predicted molar refractivity (Wildman–Crippen MR) is 104 cm³/mol. The first-order valence-electron chi connectivity index (χ1n) is 8.55. The predicted octanol–water partition coefficient (Wildman–Crippen LogP) is 3.42. The number of nitrogens with one attached hydrogen (secondary N) is 1. The standard InChI is InChI=1S/C20H14N6O2/c1-26-10-15(9-24-26)16-5-13-6-19(22-8-14(13)7-21-16)25-20(27)12-2-3-18-17(4-12)23-11-28-18/h2-11H,1H3,(H,22,25,27). The molecule has 0 aliphatic carbocycles. The van der Waals surface area contributed by atoms with Crippen LogP contribution >= 0.6 is 0 Å². The number of fused-ring (bicyclic) bond motifs is 2. The van der Waals surface area contributed by atoms with E-state index in [0.717, 1.165) is 22.0 Å². The quantitative estimate of drug-likeness (QED) is 0.522. The fraction of sp³-hybridized carbons (Fsp3) is 0.0500. The van der Waals surface area contributed by atoms with E-state index in [1.807, 2.05) is 25.4 Å². The molecule has 0 unspecified atom stereocenters. The number of aryl methyl sites for hydroxylation is 1. The second-order valence-electron chi connectivity index (χ2n) is 6.38. The van der Waals surface area contributed by atoms with Crippen molar-refractivity contribution in [3.05, 3.63) is 67.1 Å². The molecule has 4 heterocycles. The maximum absolute atomic E-state index is 12.6. The van der Waals surface area contributed by atoms with Crippen molar-refractivity contribution in [2.24, 2.45) is 7.05 Å². The monoisotopic (exact) mass is 370 g/mol. The Labute approximate surface area is 158 Å². The van der Waals surface area contributed by atoms with Crippen LogP contribution in [0.25, 0.3) is 33.1 Å². The van der Waals surface area contributed by atoms with Gasteiger partial charge in [0.2, 0.25) is 0 Å². The number of pyridine rings is 2. The second kappa shape index (κ2) is 6.27. The van der Waals surface area contributed by atoms with Crippen LogP contribution in [0.2, 0.25) is 0 Å². The number of carbonyl (C=O) groups is 1. The highest BCUT2D eigenvalue weighted by Gasteiger charge is 2.11. The van der Waals surface area contributed by atoms with Gasteiger partial charge in [-0.3, -0.25) is 14.5 Å². The highest BCUT2D eigenvalue weighted by molar-refractivity contribution is 6.06. The van der Waals surface area contributed by atoms with Crippen LogP contribution in [-0.2, 0) is 7.05 Å². The minimum Gasteiger partial charge on any atom is -0.443 e. The van der Waals surface area contributed by atoms with E-state index in [9.17, 15) is 4.79 Å². The molecule has 4 aromatic heterocycles. The molecule has 5 rings (SSSR count). The van der Waals surface area contributed by atoms with Crippen molar-refractivity contribution in [1.29, 1.82) is 0 Å². The summed E-state index contributed by atoms with van der Waals surface area (Å²) in [6.45, 7) is 0. The smallest absolute Gasteiger partial charge is 0.256 e. The Hall–Kier alpha value is -4.07. The van der Waals surface area contributed by atoms with E-state index in [2.05, 4.69) is 25.4 Å². The minimum absolute atomic E-state index is 0.265. The fourth-order valence-corrected chi connectivity index (χ4v) is 3.01. The van der Waals surface area contributed by atoms with Crippen molar-refractivity contribution in [2.45, 2.75) is 0 Å². The van der Waals surface area contributed by atoms with Gasteiger partial charge in [0.15, 0.2) is 12.0 Å². The fourth-order valence-electron chi connectivity index (χ4n) is 3.01. The van der Waals surface area contributed by atoms with E-state index in [1.54, 1.807) is 41.5 Å². The summed E-state index contributed by atoms with van der Waals surface area (Å²) in [6, 6.07) is 8.86. The van der Waals surface area contributed by atoms with Gasteiger partial charge < -0.3 is 9.73 Å². The van der Waals surface area contributed by atoms with Gasteiger partial charge in [-0.2, -0.15) is 5.10 Å². The number of hydrogen-bond acceptors (Lipinski definition) is 6. The Kier molecular flexibility index (Phi) is 3.61. The summed E-state index contributed by atoms with van der Waals surface area (Å²) in [5.41, 5.74) is 3.48. The lowest BCUT2D eigenvalue weighted by atomic mass is 10.1. The SMILES string of the molecule is Cn1cc(-c2cc3cc(NC(=O)c4ccc5ocnc5c4)ncc3cn2)cn1. The molecule has 5 aromatic rings. The van der Waals surface area contributed by atoms with Crippen LogP contribution in [0.3, 0.4) is 0 Å². The van der Waals surface area contributed by atoms with Gasteiger partial charge in [-0.15, -0.1) is 0 Å². The van der Waals surface area contributed by atoms with Crippen molar-refractivity contribution >= 4 is 33.6 Å². The maximum Gasteiger partial charge on any atom is 0.256 e. The van der Waals surface area contributed by atoms with Gasteiger partial charge >= 0.3 is 0 Å². The first kappa shape index (κ1) is 16.1. The number of nitrogens with zero attached hydrogens (tertiary/aromatic N) is 5. The molecule has 1 aromatic carbocycles. The van der Waals surface area contributed by atoms with E-state index in [0.29, 0.717) is 22.5 Å². The first-order valence-corrected chi connectivity index (χ1v) is 8.55. The maximum atomic E-state index is 12.6. The zero-order valence-corrected chi connectivity index (χ0v) is 14.8. The Bertz CT molecular complexity index is 1340. The van der Waals surface area contributed by atoms with Gasteiger partial charge in [0.05, 0.1) is 11.9 Å². The number of benzene rings is 1. The molecular weight excluding hydrogens is 356 g/mol. The molecule has 8 heteroatoms. The zero-order valence-electron chi connectivity index (χ0n) is 14.8. The molecular formula is C20H14N6O2. The van der Waals surface area contributed by atoms with Crippen molar-refractivity contribution in [3.63, 3.8) is 0 Å². The van der Waals surface area contributed by atoms with Crippen molar-refractivity contribution < 1.29 is 9.21 Å². The Morgan fingerprint density at radius 3 is 2.79 bits per heavy atom. The molecule has 0 atom stereocenters. The summed E-state index contributed by atoms with van der Waals surface area (Å²) in [4.78, 5) is 25.4. The second-order valence-corrected chi connectivity index (χ2v) is 6.38. The third kappa shape index (κ3) is 2.86. The van der Waals surface area contributed by atoms with E-state index in [1.165, 1.54) is 6.39 Å². The molecule has 0 spiro atoms. The van der Waals surface area contributed by atoms with E-state index in [4.69, 9.17) is 4.42 Å². The van der Waals surface area contributed by atoms with Crippen molar-refractivity contribution in [1.82, 2.24) is 24.7 Å². The van der Waals surface area contributed by atoms with Gasteiger partial charge in [0.25, 0.3) is 5.91 Å². The summed E-state index contributed by atoms with van der Waals surface area (Å²) >= 11 is 0. The summed E-state index contributed by atoms with van der Waals surface area (Å²) in [6.07, 6.45) is 8.46. The van der Waals surface area contributed by atoms with Crippen molar-refractivity contribution in [3.8, 4) is 11.3 Å². The molecule has 136 valence electrons. The number of carbonyl (C=O) groups excluding carboxylic acids is 1. The molecule has 28 heavy (non-hydrogen) atoms. The van der Waals surface area contributed by atoms with Gasteiger partial charge in [0.1, 0.15) is 11.3 Å². The van der Waals surface area contributed by atoms with Crippen LogP contribution in [0.1, 0.15) is 10.4 Å². The number of hydrogen-bond donors (Lipinski definition) is 1. The Morgan fingerprint density at radius 2 is 1.93 bits per heavy atom. The van der Waals surface area contributed by atoms with E-state index in [-0.39, 0.29) is 5.91 Å². The number of rotatable bonds is 3. The lowest BCUT2D eigenvalue weighted by Gasteiger charge is -2.06. The van der Waals surface area contributed by atoms with Gasteiger partial charge in [-0.25, -0.2) is 9.97 Å². The molecule has 0 saturated carbocycles. The number of amides is 1. The summed E-state index contributed by atoms with van der Waals surface area (Å²) in [7, 11) is 1.86. The molecule has 0 fully saturated rings. The van der Waals surface area contributed by atoms with Gasteiger partial charge in [0, 0.05) is 42.2 Å². The molecule has 0 aliphatic heterocycles. The Morgan fingerprint density at radius 1 is 1.04 bits per heavy atom. The number of anilines is 1. The summed E-state index contributed by atoms with van der Waals surface area (Å²) < 4.78 is 6.93. The third-order valence-electron chi connectivity index (χ3n) is 4.44. The molecule has 0 saturated heterocycles. The molecule has 1 amide bonds. The Balaban J connectivity index is 1.45. The number of oxazole rings is 1. The molecule has 0 radical (unpaired) electrons. The molecule has 1 N–H and O–H groups in total. The molecule has 8 nitrogen and oxygen atoms in total. The van der Waals surface area contributed by atoms with Gasteiger partial charge in [-0.05, 0) is 35.7 Å². The van der Waals surface area contributed by atoms with Crippen LogP contribution in [0.4, 0.5) is 5.82 Å². The lowest BCUT2D eigenvalue weighted by molar-refractivity contribution is 0.102. The highest BCUT2D eigenvalue weighted by Crippen LogP contribution is 2.23. The van der Waals surface area contributed by atoms with Crippen LogP contribution in [-0.4, -0.2) is 30.6 Å². The van der Waals surface area contributed by atoms with E-state index < -0.39 is 0 Å². The van der Waals surface area contributed by atoms with Crippen LogP contribution < -0.4 is 5.32 Å². The first-order chi connectivity index (χ1) is 13.7. The topological polar surface area (TPSA) is 98.7 Å².